The third-order valence-corrected chi connectivity index (χ3v) is 3.14. The lowest BCUT2D eigenvalue weighted by atomic mass is 10.2. The van der Waals surface area contributed by atoms with Crippen LogP contribution >= 0.6 is 11.8 Å². The zero-order valence-electron chi connectivity index (χ0n) is 8.15. The van der Waals surface area contributed by atoms with E-state index < -0.39 is 0 Å². The summed E-state index contributed by atoms with van der Waals surface area (Å²) in [5.74, 6) is 0. The van der Waals surface area contributed by atoms with Crippen molar-refractivity contribution in [1.82, 2.24) is 4.57 Å². The monoisotopic (exact) mass is 205 g/mol. The average Bonchev–Trinajstić information content (AvgIpc) is 2.55. The first-order valence-corrected chi connectivity index (χ1v) is 5.57. The maximum atomic E-state index is 10.7. The van der Waals surface area contributed by atoms with Gasteiger partial charge in [-0.15, -0.1) is 11.8 Å². The number of carbonyl (C=O) groups excluding carboxylic acids is 1. The van der Waals surface area contributed by atoms with Crippen molar-refractivity contribution in [2.24, 2.45) is 7.05 Å². The van der Waals surface area contributed by atoms with Gasteiger partial charge in [0, 0.05) is 22.8 Å². The number of hydrogen-bond acceptors (Lipinski definition) is 2. The van der Waals surface area contributed by atoms with Crippen molar-refractivity contribution in [3.05, 3.63) is 30.0 Å². The Balaban J connectivity index is 2.74. The van der Waals surface area contributed by atoms with Gasteiger partial charge >= 0.3 is 0 Å². The molecule has 0 aliphatic carbocycles. The first kappa shape index (κ1) is 9.34. The van der Waals surface area contributed by atoms with Gasteiger partial charge in [-0.1, -0.05) is 6.07 Å². The van der Waals surface area contributed by atoms with Crippen molar-refractivity contribution in [1.29, 1.82) is 0 Å². The normalized spacial score (nSPS) is 10.7. The van der Waals surface area contributed by atoms with Crippen LogP contribution in [0.5, 0.6) is 0 Å². The lowest BCUT2D eigenvalue weighted by molar-refractivity contribution is 0.111. The lowest BCUT2D eigenvalue weighted by Crippen LogP contribution is -1.92. The topological polar surface area (TPSA) is 22.0 Å². The molecule has 0 saturated heterocycles. The van der Waals surface area contributed by atoms with Gasteiger partial charge in [0.1, 0.15) is 0 Å². The fourth-order valence-electron chi connectivity index (χ4n) is 1.57. The van der Waals surface area contributed by atoms with Gasteiger partial charge in [-0.25, -0.2) is 0 Å². The van der Waals surface area contributed by atoms with E-state index in [4.69, 9.17) is 0 Å². The van der Waals surface area contributed by atoms with Crippen LogP contribution in [0.4, 0.5) is 0 Å². The molecule has 0 aliphatic heterocycles. The summed E-state index contributed by atoms with van der Waals surface area (Å²) >= 11 is 1.71. The number of aromatic nitrogens is 1. The summed E-state index contributed by atoms with van der Waals surface area (Å²) < 4.78 is 1.92. The zero-order valence-corrected chi connectivity index (χ0v) is 8.97. The first-order chi connectivity index (χ1) is 6.76. The van der Waals surface area contributed by atoms with Crippen molar-refractivity contribution < 1.29 is 4.79 Å². The number of hydrogen-bond donors (Lipinski definition) is 0. The molecular formula is C11H11NOS. The van der Waals surface area contributed by atoms with Crippen LogP contribution in [0, 0.1) is 0 Å². The van der Waals surface area contributed by atoms with Crippen LogP contribution in [0.3, 0.4) is 0 Å². The van der Waals surface area contributed by atoms with Crippen molar-refractivity contribution in [3.8, 4) is 0 Å². The molecule has 0 unspecified atom stereocenters. The van der Waals surface area contributed by atoms with E-state index in [2.05, 4.69) is 12.1 Å². The highest BCUT2D eigenvalue weighted by Crippen LogP contribution is 2.23. The van der Waals surface area contributed by atoms with Crippen LogP contribution in [-0.2, 0) is 7.05 Å². The highest BCUT2D eigenvalue weighted by atomic mass is 32.2. The summed E-state index contributed by atoms with van der Waals surface area (Å²) in [6, 6.07) is 8.13. The number of aldehydes is 1. The van der Waals surface area contributed by atoms with Crippen LogP contribution in [0.15, 0.2) is 29.2 Å². The van der Waals surface area contributed by atoms with Gasteiger partial charge in [0.2, 0.25) is 0 Å². The quantitative estimate of drug-likeness (QED) is 0.555. The molecule has 0 saturated carbocycles. The summed E-state index contributed by atoms with van der Waals surface area (Å²) in [5, 5.41) is 1.12. The van der Waals surface area contributed by atoms with Gasteiger partial charge in [0.15, 0.2) is 6.29 Å². The van der Waals surface area contributed by atoms with Crippen LogP contribution in [0.2, 0.25) is 0 Å². The zero-order chi connectivity index (χ0) is 10.1. The second kappa shape index (κ2) is 3.50. The molecule has 0 bridgehead atoms. The summed E-state index contributed by atoms with van der Waals surface area (Å²) in [6.07, 6.45) is 2.93. The lowest BCUT2D eigenvalue weighted by Gasteiger charge is -2.00. The Labute approximate surface area is 86.9 Å². The van der Waals surface area contributed by atoms with E-state index in [1.165, 1.54) is 4.90 Å². The Kier molecular flexibility index (Phi) is 2.33. The molecule has 2 aromatic rings. The number of fused-ring (bicyclic) bond motifs is 1. The van der Waals surface area contributed by atoms with Gasteiger partial charge in [-0.05, 0) is 24.5 Å². The second-order valence-electron chi connectivity index (χ2n) is 3.17. The maximum absolute atomic E-state index is 10.7. The van der Waals surface area contributed by atoms with Crippen LogP contribution in [-0.4, -0.2) is 17.1 Å². The molecule has 1 aromatic carbocycles. The SMILES string of the molecule is CSc1ccc2cc(C=O)n(C)c2c1. The molecule has 1 heterocycles. The summed E-state index contributed by atoms with van der Waals surface area (Å²) in [6.45, 7) is 0. The molecule has 2 nitrogen and oxygen atoms in total. The van der Waals surface area contributed by atoms with Crippen molar-refractivity contribution in [2.75, 3.05) is 6.26 Å². The molecule has 0 N–H and O–H groups in total. The van der Waals surface area contributed by atoms with Crippen molar-refractivity contribution >= 4 is 29.0 Å². The Morgan fingerprint density at radius 3 is 2.79 bits per heavy atom. The van der Waals surface area contributed by atoms with Crippen LogP contribution in [0.1, 0.15) is 10.5 Å². The van der Waals surface area contributed by atoms with Gasteiger partial charge in [-0.3, -0.25) is 4.79 Å². The number of nitrogens with zero attached hydrogens (tertiary/aromatic N) is 1. The molecular weight excluding hydrogens is 194 g/mol. The highest BCUT2D eigenvalue weighted by Gasteiger charge is 2.04. The maximum Gasteiger partial charge on any atom is 0.166 e. The van der Waals surface area contributed by atoms with E-state index in [1.54, 1.807) is 11.8 Å². The van der Waals surface area contributed by atoms with E-state index in [0.29, 0.717) is 0 Å². The minimum absolute atomic E-state index is 0.721. The highest BCUT2D eigenvalue weighted by molar-refractivity contribution is 7.98. The largest absolute Gasteiger partial charge is 0.341 e. The Bertz CT molecular complexity index is 487. The summed E-state index contributed by atoms with van der Waals surface area (Å²) in [7, 11) is 1.91. The van der Waals surface area contributed by atoms with Crippen molar-refractivity contribution in [3.63, 3.8) is 0 Å². The van der Waals surface area contributed by atoms with Gasteiger partial charge in [0.25, 0.3) is 0 Å². The smallest absolute Gasteiger partial charge is 0.166 e. The molecule has 0 radical (unpaired) electrons. The minimum Gasteiger partial charge on any atom is -0.341 e. The van der Waals surface area contributed by atoms with Gasteiger partial charge in [0.05, 0.1) is 5.69 Å². The van der Waals surface area contributed by atoms with Gasteiger partial charge < -0.3 is 4.57 Å². The minimum atomic E-state index is 0.721. The molecule has 14 heavy (non-hydrogen) atoms. The molecule has 2 rings (SSSR count). The number of benzene rings is 1. The third kappa shape index (κ3) is 1.34. The Hall–Kier alpha value is -1.22. The number of carbonyl (C=O) groups is 1. The number of aryl methyl sites for hydroxylation is 1. The molecule has 0 spiro atoms. The molecule has 0 fully saturated rings. The van der Waals surface area contributed by atoms with E-state index in [1.807, 2.05) is 30.0 Å². The Morgan fingerprint density at radius 1 is 1.36 bits per heavy atom. The molecule has 3 heteroatoms. The molecule has 72 valence electrons. The predicted octanol–water partition coefficient (Wildman–Crippen LogP) is 2.71. The number of rotatable bonds is 2. The first-order valence-electron chi connectivity index (χ1n) is 4.35. The second-order valence-corrected chi connectivity index (χ2v) is 4.05. The fraction of sp³-hybridized carbons (Fsp3) is 0.182. The Morgan fingerprint density at radius 2 is 2.14 bits per heavy atom. The predicted molar refractivity (Wildman–Crippen MR) is 60.1 cm³/mol. The van der Waals surface area contributed by atoms with Crippen molar-refractivity contribution in [2.45, 2.75) is 4.90 Å². The van der Waals surface area contributed by atoms with Gasteiger partial charge in [-0.2, -0.15) is 0 Å². The average molecular weight is 205 g/mol. The summed E-state index contributed by atoms with van der Waals surface area (Å²) in [5.41, 5.74) is 1.83. The molecule has 0 aliphatic rings. The summed E-state index contributed by atoms with van der Waals surface area (Å²) in [4.78, 5) is 11.9. The molecule has 0 atom stereocenters. The fourth-order valence-corrected chi connectivity index (χ4v) is 2.00. The number of thioether (sulfide) groups is 1. The molecule has 1 aromatic heterocycles. The van der Waals surface area contributed by atoms with Crippen LogP contribution in [0.25, 0.3) is 10.9 Å². The third-order valence-electron chi connectivity index (χ3n) is 2.41. The molecule has 0 amide bonds. The van der Waals surface area contributed by atoms with E-state index in [0.717, 1.165) is 22.9 Å². The van der Waals surface area contributed by atoms with Crippen LogP contribution < -0.4 is 0 Å². The van der Waals surface area contributed by atoms with E-state index in [-0.39, 0.29) is 0 Å². The van der Waals surface area contributed by atoms with E-state index >= 15 is 0 Å². The standard InChI is InChI=1S/C11H11NOS/c1-12-9(7-13)5-8-3-4-10(14-2)6-11(8)12/h3-7H,1-2H3. The van der Waals surface area contributed by atoms with E-state index in [9.17, 15) is 4.79 Å².